The molecule has 0 atom stereocenters. The molecule has 4 rings (SSSR count). The molecule has 1 amide bonds. The summed E-state index contributed by atoms with van der Waals surface area (Å²) in [6, 6.07) is 1.75. The number of pyridine rings is 1. The zero-order chi connectivity index (χ0) is 18.8. The van der Waals surface area contributed by atoms with E-state index in [0.717, 1.165) is 31.6 Å². The van der Waals surface area contributed by atoms with Crippen LogP contribution in [0.3, 0.4) is 0 Å². The Morgan fingerprint density at radius 3 is 2.63 bits per heavy atom. The van der Waals surface area contributed by atoms with Gasteiger partial charge in [0, 0.05) is 56.9 Å². The number of piperidine rings is 1. The summed E-state index contributed by atoms with van der Waals surface area (Å²) in [5.41, 5.74) is 1.19. The molecule has 0 spiro atoms. The number of carbonyl (C=O) groups is 1. The molecule has 1 N–H and O–H groups in total. The Balaban J connectivity index is 1.61. The molecule has 2 aliphatic rings. The zero-order valence-electron chi connectivity index (χ0n) is 15.4. The van der Waals surface area contributed by atoms with Gasteiger partial charge in [0.25, 0.3) is 11.5 Å². The van der Waals surface area contributed by atoms with Crippen LogP contribution in [0.25, 0.3) is 0 Å². The molecule has 0 aromatic carbocycles. The first-order chi connectivity index (χ1) is 13.2. The van der Waals surface area contributed by atoms with Gasteiger partial charge in [0.15, 0.2) is 0 Å². The number of aromatic nitrogens is 4. The molecule has 0 aliphatic carbocycles. The van der Waals surface area contributed by atoms with E-state index in [4.69, 9.17) is 4.74 Å². The summed E-state index contributed by atoms with van der Waals surface area (Å²) in [5, 5.41) is 11.0. The number of ether oxygens (including phenoxy) is 1. The predicted molar refractivity (Wildman–Crippen MR) is 98.0 cm³/mol. The minimum atomic E-state index is -0.117. The fourth-order valence-electron chi connectivity index (χ4n) is 4.01. The number of rotatable bonds is 3. The number of nitrogens with one attached hydrogen (secondary N) is 1. The monoisotopic (exact) mass is 372 g/mol. The molecule has 2 aliphatic heterocycles. The number of amides is 1. The lowest BCUT2D eigenvalue weighted by atomic mass is 10.0. The van der Waals surface area contributed by atoms with Crippen LogP contribution < -0.4 is 15.6 Å². The standard InChI is InChI=1S/C18H24N6O3/c1-27-15-10-16(25)24-9-6-19-5-2-14(24)17(15)18(26)22-7-3-13(4-8-22)23-11-20-21-12-23/h10-13,19H,2-9H2,1H3. The van der Waals surface area contributed by atoms with Crippen LogP contribution >= 0.6 is 0 Å². The quantitative estimate of drug-likeness (QED) is 0.820. The first-order valence-corrected chi connectivity index (χ1v) is 9.34. The van der Waals surface area contributed by atoms with Gasteiger partial charge in [-0.25, -0.2) is 0 Å². The van der Waals surface area contributed by atoms with Crippen molar-refractivity contribution in [1.29, 1.82) is 0 Å². The topological polar surface area (TPSA) is 94.3 Å². The lowest BCUT2D eigenvalue weighted by molar-refractivity contribution is 0.0688. The largest absolute Gasteiger partial charge is 0.496 e. The summed E-state index contributed by atoms with van der Waals surface area (Å²) < 4.78 is 9.13. The SMILES string of the molecule is COc1cc(=O)n2c(c1C(=O)N1CCC(n3cnnc3)CC1)CCNCC2. The summed E-state index contributed by atoms with van der Waals surface area (Å²) in [4.78, 5) is 27.6. The van der Waals surface area contributed by atoms with Crippen molar-refractivity contribution < 1.29 is 9.53 Å². The van der Waals surface area contributed by atoms with Crippen molar-refractivity contribution in [2.75, 3.05) is 33.3 Å². The van der Waals surface area contributed by atoms with Crippen molar-refractivity contribution in [2.24, 2.45) is 0 Å². The minimum Gasteiger partial charge on any atom is -0.496 e. The number of fused-ring (bicyclic) bond motifs is 1. The molecule has 0 unspecified atom stereocenters. The Morgan fingerprint density at radius 2 is 1.93 bits per heavy atom. The third-order valence-electron chi connectivity index (χ3n) is 5.48. The molecule has 9 nitrogen and oxygen atoms in total. The van der Waals surface area contributed by atoms with Crippen molar-refractivity contribution in [2.45, 2.75) is 31.8 Å². The second-order valence-electron chi connectivity index (χ2n) is 6.96. The summed E-state index contributed by atoms with van der Waals surface area (Å²) in [6.07, 6.45) is 5.78. The van der Waals surface area contributed by atoms with Gasteiger partial charge >= 0.3 is 0 Å². The second kappa shape index (κ2) is 7.51. The fraction of sp³-hybridized carbons (Fsp3) is 0.556. The third-order valence-corrected chi connectivity index (χ3v) is 5.48. The van der Waals surface area contributed by atoms with Gasteiger partial charge in [-0.3, -0.25) is 9.59 Å². The molecule has 0 saturated carbocycles. The Kier molecular flexibility index (Phi) is 4.93. The highest BCUT2D eigenvalue weighted by Crippen LogP contribution is 2.27. The number of hydrogen-bond acceptors (Lipinski definition) is 6. The molecule has 27 heavy (non-hydrogen) atoms. The minimum absolute atomic E-state index is 0.0558. The fourth-order valence-corrected chi connectivity index (χ4v) is 4.01. The normalized spacial score (nSPS) is 18.0. The summed E-state index contributed by atoms with van der Waals surface area (Å²) in [6.45, 7) is 3.33. The number of methoxy groups -OCH3 is 1. The van der Waals surface area contributed by atoms with Gasteiger partial charge in [0.1, 0.15) is 24.0 Å². The molecular formula is C18H24N6O3. The van der Waals surface area contributed by atoms with Crippen molar-refractivity contribution in [3.63, 3.8) is 0 Å². The van der Waals surface area contributed by atoms with Gasteiger partial charge in [0.05, 0.1) is 7.11 Å². The van der Waals surface area contributed by atoms with Gasteiger partial charge in [-0.15, -0.1) is 10.2 Å². The Hall–Kier alpha value is -2.68. The number of nitrogens with zero attached hydrogens (tertiary/aromatic N) is 5. The predicted octanol–water partition coefficient (Wildman–Crippen LogP) is 0.0714. The molecular weight excluding hydrogens is 348 g/mol. The van der Waals surface area contributed by atoms with Crippen molar-refractivity contribution in [3.05, 3.63) is 40.3 Å². The first kappa shape index (κ1) is 17.7. The lowest BCUT2D eigenvalue weighted by Gasteiger charge is -2.33. The van der Waals surface area contributed by atoms with E-state index in [-0.39, 0.29) is 11.5 Å². The highest BCUT2D eigenvalue weighted by atomic mass is 16.5. The van der Waals surface area contributed by atoms with Crippen molar-refractivity contribution in [3.8, 4) is 5.75 Å². The Bertz CT molecular complexity index is 868. The summed E-state index contributed by atoms with van der Waals surface area (Å²) >= 11 is 0. The van der Waals surface area contributed by atoms with Crippen LogP contribution in [0, 0.1) is 0 Å². The van der Waals surface area contributed by atoms with Crippen LogP contribution in [-0.4, -0.2) is 63.4 Å². The van der Waals surface area contributed by atoms with E-state index in [2.05, 4.69) is 15.5 Å². The van der Waals surface area contributed by atoms with Crippen molar-refractivity contribution in [1.82, 2.24) is 29.5 Å². The van der Waals surface area contributed by atoms with Crippen LogP contribution in [0.4, 0.5) is 0 Å². The maximum absolute atomic E-state index is 13.3. The summed E-state index contributed by atoms with van der Waals surface area (Å²) in [5.74, 6) is 0.318. The zero-order valence-corrected chi connectivity index (χ0v) is 15.4. The molecule has 2 aromatic rings. The maximum Gasteiger partial charge on any atom is 0.259 e. The van der Waals surface area contributed by atoms with Crippen LogP contribution in [0.1, 0.15) is 34.9 Å². The molecule has 144 valence electrons. The van der Waals surface area contributed by atoms with E-state index in [9.17, 15) is 9.59 Å². The highest BCUT2D eigenvalue weighted by Gasteiger charge is 2.30. The Morgan fingerprint density at radius 1 is 1.19 bits per heavy atom. The van der Waals surface area contributed by atoms with Crippen molar-refractivity contribution >= 4 is 5.91 Å². The number of carbonyl (C=O) groups excluding carboxylic acids is 1. The average molecular weight is 372 g/mol. The molecule has 2 aromatic heterocycles. The van der Waals surface area contributed by atoms with Gasteiger partial charge in [-0.1, -0.05) is 0 Å². The molecule has 0 bridgehead atoms. The van der Waals surface area contributed by atoms with E-state index < -0.39 is 0 Å². The van der Waals surface area contributed by atoms with Gasteiger partial charge < -0.3 is 24.1 Å². The second-order valence-corrected chi connectivity index (χ2v) is 6.96. The van der Waals surface area contributed by atoms with Crippen LogP contribution in [0.2, 0.25) is 0 Å². The van der Waals surface area contributed by atoms with E-state index >= 15 is 0 Å². The Labute approximate surface area is 156 Å². The molecule has 1 saturated heterocycles. The lowest BCUT2D eigenvalue weighted by Crippen LogP contribution is -2.40. The number of hydrogen-bond donors (Lipinski definition) is 1. The molecule has 1 fully saturated rings. The van der Waals surface area contributed by atoms with E-state index in [1.807, 2.05) is 9.47 Å². The first-order valence-electron chi connectivity index (χ1n) is 9.34. The summed E-state index contributed by atoms with van der Waals surface area (Å²) in [7, 11) is 1.51. The third kappa shape index (κ3) is 3.34. The van der Waals surface area contributed by atoms with E-state index in [1.165, 1.54) is 13.2 Å². The molecule has 0 radical (unpaired) electrons. The molecule has 9 heteroatoms. The van der Waals surface area contributed by atoms with Crippen LogP contribution in [0.5, 0.6) is 5.75 Å². The van der Waals surface area contributed by atoms with Gasteiger partial charge in [0.2, 0.25) is 0 Å². The van der Waals surface area contributed by atoms with Crippen LogP contribution in [-0.2, 0) is 13.0 Å². The molecule has 4 heterocycles. The smallest absolute Gasteiger partial charge is 0.259 e. The van der Waals surface area contributed by atoms with E-state index in [0.29, 0.717) is 43.4 Å². The number of likely N-dealkylation sites (tertiary alicyclic amines) is 1. The van der Waals surface area contributed by atoms with Gasteiger partial charge in [-0.05, 0) is 12.8 Å². The average Bonchev–Trinajstić information content (AvgIpc) is 3.12. The van der Waals surface area contributed by atoms with Crippen LogP contribution in [0.15, 0.2) is 23.5 Å². The highest BCUT2D eigenvalue weighted by molar-refractivity contribution is 5.98. The van der Waals surface area contributed by atoms with Gasteiger partial charge in [-0.2, -0.15) is 0 Å². The van der Waals surface area contributed by atoms with E-state index in [1.54, 1.807) is 17.2 Å². The maximum atomic E-state index is 13.3.